The Morgan fingerprint density at radius 3 is 2.67 bits per heavy atom. The highest BCUT2D eigenvalue weighted by Gasteiger charge is 2.41. The molecule has 2 aromatic heterocycles. The van der Waals surface area contributed by atoms with Gasteiger partial charge in [-0.25, -0.2) is 0 Å². The van der Waals surface area contributed by atoms with Crippen LogP contribution in [0.15, 0.2) is 103 Å². The predicted molar refractivity (Wildman–Crippen MR) is 165 cm³/mol. The molecule has 0 radical (unpaired) electrons. The maximum Gasteiger partial charge on any atom is 0.226 e. The van der Waals surface area contributed by atoms with Crippen LogP contribution in [0.4, 0.5) is 5.69 Å². The van der Waals surface area contributed by atoms with Gasteiger partial charge in [-0.2, -0.15) is 0 Å². The molecule has 0 spiro atoms. The van der Waals surface area contributed by atoms with Crippen molar-refractivity contribution >= 4 is 51.3 Å². The number of aryl methyl sites for hydroxylation is 1. The lowest BCUT2D eigenvalue weighted by Crippen LogP contribution is -2.33. The van der Waals surface area contributed by atoms with E-state index in [9.17, 15) is 4.79 Å². The van der Waals surface area contributed by atoms with E-state index in [2.05, 4.69) is 37.2 Å². The Kier molecular flexibility index (Phi) is 7.24. The summed E-state index contributed by atoms with van der Waals surface area (Å²) >= 11 is 12.2. The fourth-order valence-corrected chi connectivity index (χ4v) is 5.84. The van der Waals surface area contributed by atoms with Crippen molar-refractivity contribution in [3.63, 3.8) is 0 Å². The molecule has 0 aliphatic carbocycles. The first-order chi connectivity index (χ1) is 19.5. The Balaban J connectivity index is 1.30. The second-order valence-electron chi connectivity index (χ2n) is 9.88. The molecule has 1 aliphatic rings. The molecule has 200 valence electrons. The first-order valence-electron chi connectivity index (χ1n) is 13.2. The number of aromatic nitrogens is 2. The second-order valence-corrected chi connectivity index (χ2v) is 10.7. The smallest absolute Gasteiger partial charge is 0.226 e. The third-order valence-electron chi connectivity index (χ3n) is 7.34. The first-order valence-corrected chi connectivity index (χ1v) is 14.0. The Bertz CT molecular complexity index is 1700. The largest absolute Gasteiger partial charge is 0.352 e. The summed E-state index contributed by atoms with van der Waals surface area (Å²) in [7, 11) is 0. The summed E-state index contributed by atoms with van der Waals surface area (Å²) in [6, 6.07) is 29.6. The molecule has 6 rings (SSSR count). The van der Waals surface area contributed by atoms with E-state index in [0.717, 1.165) is 44.1 Å². The van der Waals surface area contributed by atoms with Crippen LogP contribution in [0, 0.1) is 6.92 Å². The number of pyridine rings is 1. The molecule has 0 saturated carbocycles. The van der Waals surface area contributed by atoms with Crippen molar-refractivity contribution in [2.75, 3.05) is 11.9 Å². The van der Waals surface area contributed by atoms with Gasteiger partial charge in [-0.05, 0) is 78.6 Å². The van der Waals surface area contributed by atoms with Gasteiger partial charge < -0.3 is 20.1 Å². The van der Waals surface area contributed by atoms with E-state index in [1.54, 1.807) is 6.20 Å². The number of carbonyl (C=O) groups excluding carboxylic acids is 1. The van der Waals surface area contributed by atoms with Gasteiger partial charge in [0.2, 0.25) is 5.91 Å². The number of nitrogens with zero attached hydrogens (tertiary/aromatic N) is 3. The minimum Gasteiger partial charge on any atom is -0.352 e. The van der Waals surface area contributed by atoms with Crippen molar-refractivity contribution in [2.24, 2.45) is 0 Å². The van der Waals surface area contributed by atoms with Gasteiger partial charge in [-0.1, -0.05) is 54.1 Å². The molecule has 1 amide bonds. The fourth-order valence-electron chi connectivity index (χ4n) is 5.39. The molecule has 5 aromatic rings. The second kappa shape index (κ2) is 11.1. The molecule has 2 atom stereocenters. The van der Waals surface area contributed by atoms with E-state index in [0.29, 0.717) is 11.7 Å². The van der Waals surface area contributed by atoms with Gasteiger partial charge in [0.1, 0.15) is 0 Å². The van der Waals surface area contributed by atoms with Crippen molar-refractivity contribution in [1.82, 2.24) is 19.8 Å². The van der Waals surface area contributed by atoms with Crippen LogP contribution in [0.1, 0.15) is 35.5 Å². The quantitative estimate of drug-likeness (QED) is 0.208. The zero-order chi connectivity index (χ0) is 27.6. The van der Waals surface area contributed by atoms with Gasteiger partial charge in [0.15, 0.2) is 5.11 Å². The van der Waals surface area contributed by atoms with Gasteiger partial charge in [0.25, 0.3) is 0 Å². The third-order valence-corrected chi connectivity index (χ3v) is 8.12. The Hall–Kier alpha value is -4.20. The molecule has 0 bridgehead atoms. The number of fused-ring (bicyclic) bond motifs is 1. The number of thiocarbonyl (C=S) groups is 1. The topological polar surface area (TPSA) is 62.2 Å². The van der Waals surface area contributed by atoms with E-state index < -0.39 is 0 Å². The Labute approximate surface area is 243 Å². The summed E-state index contributed by atoms with van der Waals surface area (Å²) in [5.41, 5.74) is 4.74. The van der Waals surface area contributed by atoms with Crippen LogP contribution < -0.4 is 10.6 Å². The van der Waals surface area contributed by atoms with Crippen LogP contribution in [-0.2, 0) is 4.79 Å². The Morgan fingerprint density at radius 1 is 1.02 bits per heavy atom. The molecule has 8 heteroatoms. The zero-order valence-electron chi connectivity index (χ0n) is 21.9. The average molecular weight is 566 g/mol. The number of hydrogen-bond acceptors (Lipinski definition) is 3. The molecule has 1 saturated heterocycles. The lowest BCUT2D eigenvalue weighted by molar-refractivity contribution is -0.116. The third kappa shape index (κ3) is 5.06. The van der Waals surface area contributed by atoms with E-state index in [1.165, 1.54) is 0 Å². The van der Waals surface area contributed by atoms with Crippen LogP contribution in [0.2, 0.25) is 5.02 Å². The van der Waals surface area contributed by atoms with E-state index in [-0.39, 0.29) is 24.4 Å². The highest BCUT2D eigenvalue weighted by atomic mass is 35.5. The van der Waals surface area contributed by atoms with Gasteiger partial charge >= 0.3 is 0 Å². The van der Waals surface area contributed by atoms with Crippen molar-refractivity contribution in [2.45, 2.75) is 25.4 Å². The lowest BCUT2D eigenvalue weighted by atomic mass is 10.0. The SMILES string of the molecule is Cc1cc(-n2cccc2[C@H]2[C@H](c3ccccn3)NC(=S)N2CCC(=O)Nc2cccc3ccccc23)ccc1Cl. The van der Waals surface area contributed by atoms with Crippen LogP contribution in [-0.4, -0.2) is 32.0 Å². The molecule has 6 nitrogen and oxygen atoms in total. The van der Waals surface area contributed by atoms with Gasteiger partial charge in [-0.15, -0.1) is 0 Å². The summed E-state index contributed by atoms with van der Waals surface area (Å²) in [5.74, 6) is -0.0668. The fraction of sp³-hybridized carbons (Fsp3) is 0.156. The van der Waals surface area contributed by atoms with Crippen molar-refractivity contribution in [1.29, 1.82) is 0 Å². The Morgan fingerprint density at radius 2 is 1.85 bits per heavy atom. The summed E-state index contributed by atoms with van der Waals surface area (Å²) in [6.45, 7) is 2.44. The number of rotatable bonds is 7. The molecular weight excluding hydrogens is 538 g/mol. The van der Waals surface area contributed by atoms with Crippen molar-refractivity contribution < 1.29 is 4.79 Å². The predicted octanol–water partition coefficient (Wildman–Crippen LogP) is 6.99. The van der Waals surface area contributed by atoms with Crippen LogP contribution in [0.25, 0.3) is 16.5 Å². The average Bonchev–Trinajstić information content (AvgIpc) is 3.58. The van der Waals surface area contributed by atoms with E-state index in [1.807, 2.05) is 92.0 Å². The maximum atomic E-state index is 13.2. The van der Waals surface area contributed by atoms with Gasteiger partial charge in [-0.3, -0.25) is 9.78 Å². The monoisotopic (exact) mass is 565 g/mol. The van der Waals surface area contributed by atoms with Crippen molar-refractivity contribution in [3.8, 4) is 5.69 Å². The van der Waals surface area contributed by atoms with Gasteiger partial charge in [0, 0.05) is 52.8 Å². The molecule has 2 N–H and O–H groups in total. The summed E-state index contributed by atoms with van der Waals surface area (Å²) in [6.07, 6.45) is 4.11. The number of carbonyl (C=O) groups is 1. The summed E-state index contributed by atoms with van der Waals surface area (Å²) in [4.78, 5) is 19.9. The van der Waals surface area contributed by atoms with Crippen LogP contribution in [0.3, 0.4) is 0 Å². The molecular formula is C32H28ClN5OS. The van der Waals surface area contributed by atoms with Crippen molar-refractivity contribution in [3.05, 3.63) is 125 Å². The maximum absolute atomic E-state index is 13.2. The van der Waals surface area contributed by atoms with Crippen LogP contribution in [0.5, 0.6) is 0 Å². The van der Waals surface area contributed by atoms with Gasteiger partial charge in [0.05, 0.1) is 17.8 Å². The minimum atomic E-state index is -0.183. The number of anilines is 1. The number of benzene rings is 3. The number of hydrogen-bond donors (Lipinski definition) is 2. The standard InChI is InChI=1S/C32H28ClN5OS/c1-21-20-23(14-15-25(21)33)37-18-7-13-28(37)31-30(27-11-4-5-17-34-27)36-32(40)38(31)19-16-29(39)35-26-12-6-9-22-8-2-3-10-24(22)26/h2-15,17-18,20,30-31H,16,19H2,1H3,(H,35,39)(H,36,40)/t30-,31-/m0/s1. The molecule has 3 heterocycles. The highest BCUT2D eigenvalue weighted by molar-refractivity contribution is 7.80. The first kappa shape index (κ1) is 26.0. The highest BCUT2D eigenvalue weighted by Crippen LogP contribution is 2.40. The minimum absolute atomic E-state index is 0.0668. The summed E-state index contributed by atoms with van der Waals surface area (Å²) in [5, 5.41) is 10.0. The normalized spacial score (nSPS) is 16.8. The lowest BCUT2D eigenvalue weighted by Gasteiger charge is -2.29. The molecule has 1 aliphatic heterocycles. The molecule has 40 heavy (non-hydrogen) atoms. The number of nitrogens with one attached hydrogen (secondary N) is 2. The summed E-state index contributed by atoms with van der Waals surface area (Å²) < 4.78 is 2.16. The number of halogens is 1. The molecule has 0 unspecified atom stereocenters. The molecule has 3 aromatic carbocycles. The van der Waals surface area contributed by atoms with E-state index >= 15 is 0 Å². The molecule has 1 fully saturated rings. The van der Waals surface area contributed by atoms with E-state index in [4.69, 9.17) is 23.8 Å². The number of amides is 1. The van der Waals surface area contributed by atoms with Crippen LogP contribution >= 0.6 is 23.8 Å². The zero-order valence-corrected chi connectivity index (χ0v) is 23.5.